The van der Waals surface area contributed by atoms with Crippen molar-refractivity contribution in [3.05, 3.63) is 64.7 Å². The molecule has 0 bridgehead atoms. The van der Waals surface area contributed by atoms with Gasteiger partial charge in [0.05, 0.1) is 0 Å². The summed E-state index contributed by atoms with van der Waals surface area (Å²) < 4.78 is 0. The van der Waals surface area contributed by atoms with E-state index in [0.717, 1.165) is 11.1 Å². The van der Waals surface area contributed by atoms with Crippen LogP contribution < -0.4 is 10.2 Å². The lowest BCUT2D eigenvalue weighted by Gasteiger charge is -2.22. The first-order chi connectivity index (χ1) is 12.3. The molecular formula is C21H24N2O3. The lowest BCUT2D eigenvalue weighted by Crippen LogP contribution is -2.37. The summed E-state index contributed by atoms with van der Waals surface area (Å²) in [6.45, 7) is 7.55. The molecule has 0 heterocycles. The molecule has 5 nitrogen and oxygen atoms in total. The minimum atomic E-state index is -0.172. The van der Waals surface area contributed by atoms with Crippen molar-refractivity contribution in [1.82, 2.24) is 5.32 Å². The lowest BCUT2D eigenvalue weighted by atomic mass is 10.1. The predicted octanol–water partition coefficient (Wildman–Crippen LogP) is 3.29. The van der Waals surface area contributed by atoms with Crippen LogP contribution >= 0.6 is 0 Å². The molecule has 2 rings (SSSR count). The number of nitrogens with one attached hydrogen (secondary N) is 1. The van der Waals surface area contributed by atoms with Gasteiger partial charge in [-0.25, -0.2) is 0 Å². The number of aryl methyl sites for hydroxylation is 2. The molecule has 2 aromatic rings. The molecule has 5 heteroatoms. The lowest BCUT2D eigenvalue weighted by molar-refractivity contribution is -0.116. The Labute approximate surface area is 154 Å². The third-order valence-electron chi connectivity index (χ3n) is 4.33. The molecule has 136 valence electrons. The van der Waals surface area contributed by atoms with E-state index in [2.05, 4.69) is 5.32 Å². The first kappa shape index (κ1) is 19.4. The zero-order chi connectivity index (χ0) is 19.3. The highest BCUT2D eigenvalue weighted by Gasteiger charge is 2.14. The van der Waals surface area contributed by atoms with Crippen molar-refractivity contribution in [2.24, 2.45) is 0 Å². The number of nitrogens with zero attached hydrogens (tertiary/aromatic N) is 1. The number of benzene rings is 2. The monoisotopic (exact) mass is 352 g/mol. The van der Waals surface area contributed by atoms with E-state index in [-0.39, 0.29) is 17.6 Å². The van der Waals surface area contributed by atoms with Gasteiger partial charge in [0.2, 0.25) is 5.91 Å². The van der Waals surface area contributed by atoms with Crippen LogP contribution in [0.2, 0.25) is 0 Å². The van der Waals surface area contributed by atoms with Crippen molar-refractivity contribution < 1.29 is 14.4 Å². The quantitative estimate of drug-likeness (QED) is 0.811. The third kappa shape index (κ3) is 4.79. The van der Waals surface area contributed by atoms with Crippen molar-refractivity contribution in [2.75, 3.05) is 18.0 Å². The van der Waals surface area contributed by atoms with Crippen LogP contribution in [0.4, 0.5) is 5.69 Å². The normalized spacial score (nSPS) is 10.3. The number of hydrogen-bond donors (Lipinski definition) is 1. The molecule has 2 amide bonds. The van der Waals surface area contributed by atoms with Crippen molar-refractivity contribution in [3.63, 3.8) is 0 Å². The number of anilines is 1. The van der Waals surface area contributed by atoms with E-state index in [9.17, 15) is 14.4 Å². The van der Waals surface area contributed by atoms with Gasteiger partial charge in [-0.15, -0.1) is 0 Å². The summed E-state index contributed by atoms with van der Waals surface area (Å²) in [6.07, 6.45) is 0. The molecule has 1 N–H and O–H groups in total. The molecule has 0 aliphatic heterocycles. The van der Waals surface area contributed by atoms with E-state index in [0.29, 0.717) is 29.9 Å². The molecule has 26 heavy (non-hydrogen) atoms. The van der Waals surface area contributed by atoms with E-state index in [4.69, 9.17) is 0 Å². The van der Waals surface area contributed by atoms with Crippen LogP contribution in [-0.2, 0) is 4.79 Å². The van der Waals surface area contributed by atoms with Gasteiger partial charge in [-0.3, -0.25) is 14.4 Å². The van der Waals surface area contributed by atoms with Crippen molar-refractivity contribution >= 4 is 23.3 Å². The molecule has 0 atom stereocenters. The molecule has 2 aromatic carbocycles. The number of hydrogen-bond acceptors (Lipinski definition) is 3. The largest absolute Gasteiger partial charge is 0.350 e. The topological polar surface area (TPSA) is 66.5 Å². The fraction of sp³-hybridized carbons (Fsp3) is 0.286. The first-order valence-electron chi connectivity index (χ1n) is 8.54. The molecule has 0 aliphatic rings. The maximum Gasteiger partial charge on any atom is 0.251 e. The van der Waals surface area contributed by atoms with Gasteiger partial charge >= 0.3 is 0 Å². The maximum atomic E-state index is 12.3. The summed E-state index contributed by atoms with van der Waals surface area (Å²) in [5, 5.41) is 2.84. The van der Waals surface area contributed by atoms with E-state index >= 15 is 0 Å². The minimum Gasteiger partial charge on any atom is -0.350 e. The standard InChI is InChI=1S/C21H24N2O3/c1-14-8-9-19(12-15(14)2)21(26)22-10-11-23(17(4)25)20-7-5-6-18(13-20)16(3)24/h5-9,12-13H,10-11H2,1-4H3,(H,22,26). The molecular weight excluding hydrogens is 328 g/mol. The van der Waals surface area contributed by atoms with Gasteiger partial charge in [-0.2, -0.15) is 0 Å². The van der Waals surface area contributed by atoms with Crippen LogP contribution in [0.3, 0.4) is 0 Å². The average molecular weight is 352 g/mol. The highest BCUT2D eigenvalue weighted by atomic mass is 16.2. The summed E-state index contributed by atoms with van der Waals surface area (Å²) in [4.78, 5) is 37.4. The van der Waals surface area contributed by atoms with Gasteiger partial charge in [-0.05, 0) is 56.2 Å². The van der Waals surface area contributed by atoms with Gasteiger partial charge in [0, 0.05) is 36.8 Å². The van der Waals surface area contributed by atoms with Crippen LogP contribution in [-0.4, -0.2) is 30.7 Å². The maximum absolute atomic E-state index is 12.3. The summed E-state index contributed by atoms with van der Waals surface area (Å²) in [6, 6.07) is 12.5. The number of carbonyl (C=O) groups excluding carboxylic acids is 3. The Morgan fingerprint density at radius 2 is 1.65 bits per heavy atom. The molecule has 0 fully saturated rings. The molecule has 0 spiro atoms. The van der Waals surface area contributed by atoms with E-state index in [1.165, 1.54) is 13.8 Å². The first-order valence-corrected chi connectivity index (χ1v) is 8.54. The number of Topliss-reactive ketones (excluding diaryl/α,β-unsaturated/α-hetero) is 1. The number of carbonyl (C=O) groups is 3. The van der Waals surface area contributed by atoms with Crippen molar-refractivity contribution in [2.45, 2.75) is 27.7 Å². The van der Waals surface area contributed by atoms with E-state index < -0.39 is 0 Å². The van der Waals surface area contributed by atoms with Crippen LogP contribution in [0.5, 0.6) is 0 Å². The second kappa shape index (κ2) is 8.43. The van der Waals surface area contributed by atoms with E-state index in [1.807, 2.05) is 26.0 Å². The Morgan fingerprint density at radius 1 is 0.923 bits per heavy atom. The van der Waals surface area contributed by atoms with Crippen molar-refractivity contribution in [3.8, 4) is 0 Å². The molecule has 0 saturated carbocycles. The van der Waals surface area contributed by atoms with E-state index in [1.54, 1.807) is 35.2 Å². The third-order valence-corrected chi connectivity index (χ3v) is 4.33. The van der Waals surface area contributed by atoms with Crippen LogP contribution in [0.15, 0.2) is 42.5 Å². The second-order valence-electron chi connectivity index (χ2n) is 6.33. The zero-order valence-electron chi connectivity index (χ0n) is 15.6. The van der Waals surface area contributed by atoms with Gasteiger partial charge in [0.25, 0.3) is 5.91 Å². The van der Waals surface area contributed by atoms with Gasteiger partial charge in [0.15, 0.2) is 5.78 Å². The fourth-order valence-corrected chi connectivity index (χ4v) is 2.63. The molecule has 0 aromatic heterocycles. The predicted molar refractivity (Wildman–Crippen MR) is 103 cm³/mol. The summed E-state index contributed by atoms with van der Waals surface area (Å²) in [5.41, 5.74) is 3.98. The van der Waals surface area contributed by atoms with Crippen molar-refractivity contribution in [1.29, 1.82) is 0 Å². The smallest absolute Gasteiger partial charge is 0.251 e. The summed E-state index contributed by atoms with van der Waals surface area (Å²) >= 11 is 0. The van der Waals surface area contributed by atoms with Crippen LogP contribution in [0.1, 0.15) is 45.7 Å². The van der Waals surface area contributed by atoms with Gasteiger partial charge < -0.3 is 10.2 Å². The Balaban J connectivity index is 2.04. The van der Waals surface area contributed by atoms with Crippen LogP contribution in [0.25, 0.3) is 0 Å². The average Bonchev–Trinajstić information content (AvgIpc) is 2.60. The number of rotatable bonds is 6. The Bertz CT molecular complexity index is 843. The Hall–Kier alpha value is -2.95. The summed E-state index contributed by atoms with van der Waals surface area (Å²) in [5.74, 6) is -0.376. The summed E-state index contributed by atoms with van der Waals surface area (Å²) in [7, 11) is 0. The Morgan fingerprint density at radius 3 is 2.27 bits per heavy atom. The minimum absolute atomic E-state index is 0.0570. The highest BCUT2D eigenvalue weighted by molar-refractivity contribution is 5.97. The fourth-order valence-electron chi connectivity index (χ4n) is 2.63. The zero-order valence-corrected chi connectivity index (χ0v) is 15.6. The molecule has 0 radical (unpaired) electrons. The molecule has 0 unspecified atom stereocenters. The van der Waals surface area contributed by atoms with Gasteiger partial charge in [0.1, 0.15) is 0 Å². The SMILES string of the molecule is CC(=O)c1cccc(N(CCNC(=O)c2ccc(C)c(C)c2)C(C)=O)c1. The highest BCUT2D eigenvalue weighted by Crippen LogP contribution is 2.17. The number of amides is 2. The molecule has 0 aliphatic carbocycles. The second-order valence-corrected chi connectivity index (χ2v) is 6.33. The van der Waals surface area contributed by atoms with Gasteiger partial charge in [-0.1, -0.05) is 18.2 Å². The molecule has 0 saturated heterocycles. The Kier molecular flexibility index (Phi) is 6.28. The number of ketones is 1. The van der Waals surface area contributed by atoms with Crippen LogP contribution in [0, 0.1) is 13.8 Å².